The van der Waals surface area contributed by atoms with E-state index >= 15 is 0 Å². The van der Waals surface area contributed by atoms with Crippen LogP contribution >= 0.6 is 0 Å². The zero-order valence-electron chi connectivity index (χ0n) is 22.0. The summed E-state index contributed by atoms with van der Waals surface area (Å²) >= 11 is 0. The largest absolute Gasteiger partial charge is 0.461 e. The maximum Gasteiger partial charge on any atom is 0.329 e. The number of hydrogen-bond donors (Lipinski definition) is 2. The molecule has 0 heterocycles. The SMILES string of the molecule is CC(C)COC(C)ONC(=O)C=Cc1cccc(S(=O)(=O)N[C@H](C(=O)OC2CCCC2)c2ccccc2)c1. The first-order valence-corrected chi connectivity index (χ1v) is 14.3. The molecule has 0 aliphatic heterocycles. The quantitative estimate of drug-likeness (QED) is 0.167. The van der Waals surface area contributed by atoms with Crippen LogP contribution in [-0.2, 0) is 33.9 Å². The van der Waals surface area contributed by atoms with E-state index < -0.39 is 34.2 Å². The molecule has 0 bridgehead atoms. The van der Waals surface area contributed by atoms with Crippen molar-refractivity contribution in [3.63, 3.8) is 0 Å². The Hall–Kier alpha value is -3.05. The van der Waals surface area contributed by atoms with Crippen molar-refractivity contribution >= 4 is 28.0 Å². The summed E-state index contributed by atoms with van der Waals surface area (Å²) in [6.45, 7) is 6.16. The van der Waals surface area contributed by atoms with Gasteiger partial charge in [0, 0.05) is 6.08 Å². The first-order chi connectivity index (χ1) is 18.1. The predicted octanol–water partition coefficient (Wildman–Crippen LogP) is 4.27. The Morgan fingerprint density at radius 3 is 2.42 bits per heavy atom. The topological polar surface area (TPSA) is 120 Å². The van der Waals surface area contributed by atoms with Crippen molar-refractivity contribution in [1.82, 2.24) is 10.2 Å². The Morgan fingerprint density at radius 2 is 1.74 bits per heavy atom. The van der Waals surface area contributed by atoms with Gasteiger partial charge in [0.1, 0.15) is 12.1 Å². The minimum absolute atomic E-state index is 0.0541. The number of hydrogen-bond acceptors (Lipinski definition) is 7. The number of carbonyl (C=O) groups is 2. The highest BCUT2D eigenvalue weighted by Crippen LogP contribution is 2.25. The minimum Gasteiger partial charge on any atom is -0.461 e. The average Bonchev–Trinajstić information content (AvgIpc) is 3.42. The molecule has 0 spiro atoms. The number of esters is 1. The first kappa shape index (κ1) is 29.5. The van der Waals surface area contributed by atoms with Gasteiger partial charge in [-0.25, -0.2) is 23.5 Å². The molecule has 1 amide bonds. The van der Waals surface area contributed by atoms with Crippen LogP contribution in [0.2, 0.25) is 0 Å². The highest BCUT2D eigenvalue weighted by atomic mass is 32.2. The van der Waals surface area contributed by atoms with Gasteiger partial charge >= 0.3 is 5.97 Å². The van der Waals surface area contributed by atoms with Crippen LogP contribution in [0, 0.1) is 5.92 Å². The molecule has 206 valence electrons. The second kappa shape index (κ2) is 14.2. The molecule has 2 aromatic rings. The number of rotatable bonds is 13. The Bertz CT molecular complexity index is 1190. The summed E-state index contributed by atoms with van der Waals surface area (Å²) in [5.74, 6) is -0.836. The predicted molar refractivity (Wildman–Crippen MR) is 143 cm³/mol. The second-order valence-electron chi connectivity index (χ2n) is 9.59. The smallest absolute Gasteiger partial charge is 0.329 e. The highest BCUT2D eigenvalue weighted by molar-refractivity contribution is 7.89. The van der Waals surface area contributed by atoms with Crippen molar-refractivity contribution in [2.75, 3.05) is 6.61 Å². The normalized spacial score (nSPS) is 16.0. The molecule has 10 heteroatoms. The molecule has 2 aromatic carbocycles. The number of sulfonamides is 1. The van der Waals surface area contributed by atoms with Crippen LogP contribution in [-0.4, -0.2) is 39.3 Å². The monoisotopic (exact) mass is 544 g/mol. The minimum atomic E-state index is -4.11. The van der Waals surface area contributed by atoms with E-state index in [0.717, 1.165) is 25.7 Å². The highest BCUT2D eigenvalue weighted by Gasteiger charge is 2.31. The molecule has 1 saturated carbocycles. The number of nitrogens with one attached hydrogen (secondary N) is 2. The van der Waals surface area contributed by atoms with E-state index in [-0.39, 0.29) is 11.0 Å². The molecule has 0 aromatic heterocycles. The molecule has 3 rings (SSSR count). The van der Waals surface area contributed by atoms with Crippen molar-refractivity contribution in [3.8, 4) is 0 Å². The lowest BCUT2D eigenvalue weighted by molar-refractivity contribution is -0.180. The molecule has 1 aliphatic rings. The molecule has 1 unspecified atom stereocenters. The van der Waals surface area contributed by atoms with Crippen LogP contribution < -0.4 is 10.2 Å². The van der Waals surface area contributed by atoms with Crippen LogP contribution in [0.15, 0.2) is 65.6 Å². The summed E-state index contributed by atoms with van der Waals surface area (Å²) in [7, 11) is -4.11. The van der Waals surface area contributed by atoms with E-state index in [1.165, 1.54) is 24.3 Å². The van der Waals surface area contributed by atoms with Gasteiger partial charge in [-0.15, -0.1) is 0 Å². The van der Waals surface area contributed by atoms with Gasteiger partial charge in [0.25, 0.3) is 5.91 Å². The van der Waals surface area contributed by atoms with Crippen molar-refractivity contribution in [3.05, 3.63) is 71.8 Å². The Kier molecular flexibility index (Phi) is 11.0. The van der Waals surface area contributed by atoms with E-state index in [9.17, 15) is 18.0 Å². The molecular formula is C28H36N2O7S. The van der Waals surface area contributed by atoms with Crippen molar-refractivity contribution in [2.24, 2.45) is 5.92 Å². The fourth-order valence-corrected chi connectivity index (χ4v) is 5.08. The summed E-state index contributed by atoms with van der Waals surface area (Å²) in [4.78, 5) is 30.2. The molecule has 0 radical (unpaired) electrons. The summed E-state index contributed by atoms with van der Waals surface area (Å²) in [5, 5.41) is 0. The van der Waals surface area contributed by atoms with Crippen molar-refractivity contribution in [1.29, 1.82) is 0 Å². The fourth-order valence-electron chi connectivity index (χ4n) is 3.85. The summed E-state index contributed by atoms with van der Waals surface area (Å²) in [5.41, 5.74) is 3.23. The number of hydroxylamine groups is 1. The molecule has 0 saturated heterocycles. The first-order valence-electron chi connectivity index (χ1n) is 12.8. The fraction of sp³-hybridized carbons (Fsp3) is 0.429. The van der Waals surface area contributed by atoms with Crippen LogP contribution in [0.5, 0.6) is 0 Å². The van der Waals surface area contributed by atoms with E-state index in [1.54, 1.807) is 49.4 Å². The van der Waals surface area contributed by atoms with E-state index in [0.29, 0.717) is 23.7 Å². The van der Waals surface area contributed by atoms with E-state index in [2.05, 4.69) is 10.2 Å². The van der Waals surface area contributed by atoms with Gasteiger partial charge in [0.2, 0.25) is 10.0 Å². The number of benzene rings is 2. The van der Waals surface area contributed by atoms with Gasteiger partial charge in [-0.3, -0.25) is 4.79 Å². The van der Waals surface area contributed by atoms with Crippen LogP contribution in [0.3, 0.4) is 0 Å². The Labute approximate surface area is 224 Å². The lowest BCUT2D eigenvalue weighted by Gasteiger charge is -2.20. The van der Waals surface area contributed by atoms with Crippen molar-refractivity contribution in [2.45, 2.75) is 69.8 Å². The summed E-state index contributed by atoms with van der Waals surface area (Å²) in [6, 6.07) is 13.5. The Balaban J connectivity index is 1.68. The number of ether oxygens (including phenoxy) is 2. The van der Waals surface area contributed by atoms with Crippen LogP contribution in [0.25, 0.3) is 6.08 Å². The van der Waals surface area contributed by atoms with Crippen molar-refractivity contribution < 1.29 is 32.3 Å². The molecule has 1 fully saturated rings. The van der Waals surface area contributed by atoms with E-state index in [1.807, 2.05) is 13.8 Å². The zero-order valence-corrected chi connectivity index (χ0v) is 22.8. The van der Waals surface area contributed by atoms with Crippen LogP contribution in [0.1, 0.15) is 63.6 Å². The van der Waals surface area contributed by atoms with Gasteiger partial charge in [-0.05, 0) is 67.9 Å². The number of amides is 1. The Morgan fingerprint density at radius 1 is 1.03 bits per heavy atom. The van der Waals surface area contributed by atoms with Gasteiger partial charge in [0.05, 0.1) is 11.5 Å². The van der Waals surface area contributed by atoms with Crippen LogP contribution in [0.4, 0.5) is 0 Å². The standard InChI is InChI=1S/C28H36N2O7S/c1-20(2)19-35-21(3)37-29-26(31)17-16-22-10-9-15-25(18-22)38(33,34)30-27(23-11-5-4-6-12-23)28(32)36-24-13-7-8-14-24/h4-6,9-12,15-18,20-21,24,27,30H,7-8,13-14,19H2,1-3H3,(H,29,31)/t21?,27-/m0/s1. The second-order valence-corrected chi connectivity index (χ2v) is 11.3. The molecular weight excluding hydrogens is 508 g/mol. The molecule has 2 N–H and O–H groups in total. The average molecular weight is 545 g/mol. The number of carbonyl (C=O) groups excluding carboxylic acids is 2. The van der Waals surface area contributed by atoms with Gasteiger partial charge in [-0.1, -0.05) is 56.3 Å². The summed E-state index contributed by atoms with van der Waals surface area (Å²) < 4.78 is 40.1. The lowest BCUT2D eigenvalue weighted by Crippen LogP contribution is -2.36. The van der Waals surface area contributed by atoms with Gasteiger partial charge in [0.15, 0.2) is 6.29 Å². The maximum atomic E-state index is 13.3. The summed E-state index contributed by atoms with van der Waals surface area (Å²) in [6.07, 6.45) is 5.37. The van der Waals surface area contributed by atoms with Gasteiger partial charge in [-0.2, -0.15) is 4.72 Å². The third-order valence-corrected chi connectivity index (χ3v) is 7.23. The maximum absolute atomic E-state index is 13.3. The lowest BCUT2D eigenvalue weighted by atomic mass is 10.1. The molecule has 2 atom stereocenters. The molecule has 9 nitrogen and oxygen atoms in total. The molecule has 1 aliphatic carbocycles. The third-order valence-electron chi connectivity index (χ3n) is 5.81. The molecule has 38 heavy (non-hydrogen) atoms. The zero-order chi connectivity index (χ0) is 27.5. The third kappa shape index (κ3) is 9.36. The van der Waals surface area contributed by atoms with E-state index in [4.69, 9.17) is 14.3 Å². The van der Waals surface area contributed by atoms with Gasteiger partial charge < -0.3 is 9.47 Å².